The van der Waals surface area contributed by atoms with Crippen molar-refractivity contribution in [1.82, 2.24) is 9.97 Å². The molecule has 0 N–H and O–H groups in total. The molecule has 76 valence electrons. The lowest BCUT2D eigenvalue weighted by Crippen LogP contribution is -1.87. The van der Waals surface area contributed by atoms with Gasteiger partial charge in [0.15, 0.2) is 5.15 Å². The second kappa shape index (κ2) is 4.47. The average molecular weight is 304 g/mol. The number of hydrogen-bond donors (Lipinski definition) is 0. The predicted octanol–water partition coefficient (Wildman–Crippen LogP) is 4.21. The van der Waals surface area contributed by atoms with Crippen molar-refractivity contribution in [2.24, 2.45) is 0 Å². The Kier molecular flexibility index (Phi) is 3.24. The first-order valence-electron chi connectivity index (χ1n) is 4.10. The standard InChI is InChI=1S/C10H5BrCl2N2/c11-7-2-1-6(5-8(7)12)9-10(13)15-4-3-14-9/h1-5H. The second-order valence-electron chi connectivity index (χ2n) is 2.82. The van der Waals surface area contributed by atoms with Crippen LogP contribution < -0.4 is 0 Å². The van der Waals surface area contributed by atoms with E-state index < -0.39 is 0 Å². The Balaban J connectivity index is 2.55. The molecule has 1 heterocycles. The molecule has 2 nitrogen and oxygen atoms in total. The molecule has 1 aromatic heterocycles. The summed E-state index contributed by atoms with van der Waals surface area (Å²) in [7, 11) is 0. The Hall–Kier alpha value is -0.640. The summed E-state index contributed by atoms with van der Waals surface area (Å²) in [4.78, 5) is 8.11. The summed E-state index contributed by atoms with van der Waals surface area (Å²) < 4.78 is 0.841. The first-order chi connectivity index (χ1) is 7.18. The summed E-state index contributed by atoms with van der Waals surface area (Å²) in [6, 6.07) is 5.52. The zero-order chi connectivity index (χ0) is 10.8. The second-order valence-corrected chi connectivity index (χ2v) is 4.44. The molecule has 5 heteroatoms. The molecule has 0 spiro atoms. The van der Waals surface area contributed by atoms with Gasteiger partial charge in [0, 0.05) is 22.4 Å². The maximum atomic E-state index is 5.98. The normalized spacial score (nSPS) is 10.3. The van der Waals surface area contributed by atoms with E-state index >= 15 is 0 Å². The molecule has 0 bridgehead atoms. The van der Waals surface area contributed by atoms with Crippen molar-refractivity contribution in [3.8, 4) is 11.3 Å². The third-order valence-electron chi connectivity index (χ3n) is 1.85. The third-order valence-corrected chi connectivity index (χ3v) is 3.36. The molecule has 0 radical (unpaired) electrons. The molecule has 0 saturated carbocycles. The summed E-state index contributed by atoms with van der Waals surface area (Å²) in [6.07, 6.45) is 3.14. The van der Waals surface area contributed by atoms with Crippen LogP contribution in [-0.4, -0.2) is 9.97 Å². The fourth-order valence-corrected chi connectivity index (χ4v) is 1.80. The van der Waals surface area contributed by atoms with Crippen LogP contribution in [0.2, 0.25) is 10.2 Å². The molecule has 0 amide bonds. The van der Waals surface area contributed by atoms with Crippen molar-refractivity contribution in [2.75, 3.05) is 0 Å². The lowest BCUT2D eigenvalue weighted by atomic mass is 10.2. The van der Waals surface area contributed by atoms with Gasteiger partial charge in [-0.25, -0.2) is 4.98 Å². The topological polar surface area (TPSA) is 25.8 Å². The molecule has 15 heavy (non-hydrogen) atoms. The molecule has 2 rings (SSSR count). The van der Waals surface area contributed by atoms with Crippen LogP contribution in [0.3, 0.4) is 0 Å². The van der Waals surface area contributed by atoms with Crippen LogP contribution >= 0.6 is 39.1 Å². The summed E-state index contributed by atoms with van der Waals surface area (Å²) in [6.45, 7) is 0. The Morgan fingerprint density at radius 2 is 1.80 bits per heavy atom. The minimum atomic E-state index is 0.371. The van der Waals surface area contributed by atoms with Gasteiger partial charge < -0.3 is 0 Å². The number of benzene rings is 1. The fraction of sp³-hybridized carbons (Fsp3) is 0. The average Bonchev–Trinajstić information content (AvgIpc) is 2.23. The fourth-order valence-electron chi connectivity index (χ4n) is 1.16. The van der Waals surface area contributed by atoms with Crippen molar-refractivity contribution in [2.45, 2.75) is 0 Å². The van der Waals surface area contributed by atoms with Crippen molar-refractivity contribution in [3.63, 3.8) is 0 Å². The monoisotopic (exact) mass is 302 g/mol. The Labute approximate surface area is 105 Å². The smallest absolute Gasteiger partial charge is 0.155 e. The maximum absolute atomic E-state index is 5.98. The van der Waals surface area contributed by atoms with Gasteiger partial charge in [0.25, 0.3) is 0 Å². The lowest BCUT2D eigenvalue weighted by Gasteiger charge is -2.03. The summed E-state index contributed by atoms with van der Waals surface area (Å²) >= 11 is 15.2. The van der Waals surface area contributed by atoms with Gasteiger partial charge in [-0.15, -0.1) is 0 Å². The number of hydrogen-bond acceptors (Lipinski definition) is 2. The molecular weight excluding hydrogens is 299 g/mol. The minimum Gasteiger partial charge on any atom is -0.251 e. The van der Waals surface area contributed by atoms with Crippen molar-refractivity contribution >= 4 is 39.1 Å². The van der Waals surface area contributed by atoms with E-state index in [0.29, 0.717) is 15.9 Å². The molecule has 0 unspecified atom stereocenters. The Morgan fingerprint density at radius 3 is 2.47 bits per heavy atom. The van der Waals surface area contributed by atoms with Crippen LogP contribution in [-0.2, 0) is 0 Å². The van der Waals surface area contributed by atoms with E-state index in [1.54, 1.807) is 18.5 Å². The van der Waals surface area contributed by atoms with Crippen LogP contribution in [0.5, 0.6) is 0 Å². The zero-order valence-electron chi connectivity index (χ0n) is 7.42. The maximum Gasteiger partial charge on any atom is 0.155 e. The van der Waals surface area contributed by atoms with E-state index in [1.807, 2.05) is 12.1 Å². The molecule has 2 aromatic rings. The van der Waals surface area contributed by atoms with Crippen molar-refractivity contribution in [3.05, 3.63) is 45.2 Å². The summed E-state index contributed by atoms with van der Waals surface area (Å²) in [5.41, 5.74) is 1.48. The highest BCUT2D eigenvalue weighted by molar-refractivity contribution is 9.10. The van der Waals surface area contributed by atoms with Crippen molar-refractivity contribution in [1.29, 1.82) is 0 Å². The van der Waals surface area contributed by atoms with Gasteiger partial charge in [0.05, 0.1) is 5.02 Å². The quantitative estimate of drug-likeness (QED) is 0.788. The van der Waals surface area contributed by atoms with Crippen LogP contribution in [0.25, 0.3) is 11.3 Å². The SMILES string of the molecule is Clc1cc(-c2nccnc2Cl)ccc1Br. The van der Waals surface area contributed by atoms with Crippen LogP contribution in [0.4, 0.5) is 0 Å². The van der Waals surface area contributed by atoms with E-state index in [2.05, 4.69) is 25.9 Å². The number of halogens is 3. The van der Waals surface area contributed by atoms with Crippen LogP contribution in [0.1, 0.15) is 0 Å². The molecule has 0 aliphatic heterocycles. The first-order valence-corrected chi connectivity index (χ1v) is 5.65. The van der Waals surface area contributed by atoms with E-state index in [-0.39, 0.29) is 0 Å². The van der Waals surface area contributed by atoms with Gasteiger partial charge >= 0.3 is 0 Å². The van der Waals surface area contributed by atoms with Gasteiger partial charge in [0.1, 0.15) is 5.69 Å². The van der Waals surface area contributed by atoms with Gasteiger partial charge in [-0.05, 0) is 28.1 Å². The minimum absolute atomic E-state index is 0.371. The highest BCUT2D eigenvalue weighted by Gasteiger charge is 2.07. The summed E-state index contributed by atoms with van der Waals surface area (Å²) in [5.74, 6) is 0. The third kappa shape index (κ3) is 2.30. The molecule has 1 aromatic carbocycles. The zero-order valence-corrected chi connectivity index (χ0v) is 10.5. The lowest BCUT2D eigenvalue weighted by molar-refractivity contribution is 1.21. The van der Waals surface area contributed by atoms with Gasteiger partial charge in [-0.1, -0.05) is 29.3 Å². The molecule has 0 atom stereocenters. The first kappa shape index (κ1) is 10.9. The van der Waals surface area contributed by atoms with Gasteiger partial charge in [-0.3, -0.25) is 4.98 Å². The Morgan fingerprint density at radius 1 is 1.07 bits per heavy atom. The largest absolute Gasteiger partial charge is 0.251 e. The van der Waals surface area contributed by atoms with E-state index in [9.17, 15) is 0 Å². The molecule has 0 aliphatic rings. The summed E-state index contributed by atoms with van der Waals surface area (Å²) in [5, 5.41) is 0.991. The molecule has 0 aliphatic carbocycles. The molecule has 0 saturated heterocycles. The predicted molar refractivity (Wildman–Crippen MR) is 65.2 cm³/mol. The van der Waals surface area contributed by atoms with E-state index in [0.717, 1.165) is 10.0 Å². The number of rotatable bonds is 1. The Bertz CT molecular complexity index is 503. The van der Waals surface area contributed by atoms with Gasteiger partial charge in [0.2, 0.25) is 0 Å². The molecule has 0 fully saturated rings. The highest BCUT2D eigenvalue weighted by Crippen LogP contribution is 2.30. The highest BCUT2D eigenvalue weighted by atomic mass is 79.9. The number of nitrogens with zero attached hydrogens (tertiary/aromatic N) is 2. The van der Waals surface area contributed by atoms with Crippen LogP contribution in [0.15, 0.2) is 35.1 Å². The number of aromatic nitrogens is 2. The van der Waals surface area contributed by atoms with E-state index in [4.69, 9.17) is 23.2 Å². The van der Waals surface area contributed by atoms with Crippen LogP contribution in [0, 0.1) is 0 Å². The van der Waals surface area contributed by atoms with Gasteiger partial charge in [-0.2, -0.15) is 0 Å². The van der Waals surface area contributed by atoms with E-state index in [1.165, 1.54) is 0 Å². The molecular formula is C10H5BrCl2N2. The van der Waals surface area contributed by atoms with Crippen molar-refractivity contribution < 1.29 is 0 Å².